The molecule has 2 nitrogen and oxygen atoms in total. The summed E-state index contributed by atoms with van der Waals surface area (Å²) >= 11 is 0. The van der Waals surface area contributed by atoms with E-state index in [1.165, 1.54) is 0 Å². The van der Waals surface area contributed by atoms with Crippen molar-refractivity contribution in [3.05, 3.63) is 82.9 Å². The van der Waals surface area contributed by atoms with Crippen molar-refractivity contribution >= 4 is 0 Å². The van der Waals surface area contributed by atoms with Crippen molar-refractivity contribution in [2.45, 2.75) is 27.7 Å². The van der Waals surface area contributed by atoms with Crippen LogP contribution in [0.5, 0.6) is 11.5 Å². The van der Waals surface area contributed by atoms with Crippen LogP contribution in [0.1, 0.15) is 27.7 Å². The Hall–Kier alpha value is -0.856. The molecule has 0 saturated carbocycles. The fraction of sp³-hybridized carbons (Fsp3) is 0.286. The molecule has 0 atom stereocenters. The van der Waals surface area contributed by atoms with E-state index in [0.717, 1.165) is 11.5 Å². The van der Waals surface area contributed by atoms with Gasteiger partial charge in [-0.1, -0.05) is 64.1 Å². The first-order chi connectivity index (χ1) is 9.86. The zero-order chi connectivity index (χ0) is 15.6. The van der Waals surface area contributed by atoms with E-state index < -0.39 is 0 Å². The summed E-state index contributed by atoms with van der Waals surface area (Å²) in [5.74, 6) is 1.82. The summed E-state index contributed by atoms with van der Waals surface area (Å²) in [4.78, 5) is 0. The van der Waals surface area contributed by atoms with Crippen LogP contribution in [0, 0.1) is 22.3 Å². The van der Waals surface area contributed by atoms with Crippen LogP contribution in [0.2, 0.25) is 0 Å². The summed E-state index contributed by atoms with van der Waals surface area (Å²) in [5, 5.41) is 0. The molecular weight excluding hydrogens is 373 g/mol. The number of para-hydroxylation sites is 2. The Kier molecular flexibility index (Phi) is 54.2. The van der Waals surface area contributed by atoms with Crippen LogP contribution in [0.4, 0.5) is 0 Å². The summed E-state index contributed by atoms with van der Waals surface area (Å²) in [6, 6.07) is 19.4. The van der Waals surface area contributed by atoms with Gasteiger partial charge < -0.3 is 31.8 Å². The van der Waals surface area contributed by atoms with E-state index in [2.05, 4.69) is 0 Å². The van der Waals surface area contributed by atoms with Gasteiger partial charge in [0, 0.05) is 0 Å². The smallest absolute Gasteiger partial charge is 0.497 e. The normalized spacial score (nSPS) is 6.25. The van der Waals surface area contributed by atoms with Crippen LogP contribution in [-0.2, 0) is 32.7 Å². The Morgan fingerprint density at radius 2 is 0.708 bits per heavy atom. The van der Waals surface area contributed by atoms with Gasteiger partial charge in [0.05, 0.1) is 14.2 Å². The minimum Gasteiger partial charge on any atom is -0.497 e. The quantitative estimate of drug-likeness (QED) is 0.508. The molecule has 0 N–H and O–H groups in total. The van der Waals surface area contributed by atoms with Crippen molar-refractivity contribution in [3.8, 4) is 11.5 Å². The molecule has 2 rings (SSSR count). The second-order valence-electron chi connectivity index (χ2n) is 3.03. The molecule has 3 heteroatoms. The van der Waals surface area contributed by atoms with Crippen molar-refractivity contribution in [2.24, 2.45) is 0 Å². The molecule has 24 heavy (non-hydrogen) atoms. The Balaban J connectivity index is -0.0000000491. The first-order valence-electron chi connectivity index (χ1n) is 7.05. The number of methoxy groups -OCH3 is 2. The fourth-order valence-electron chi connectivity index (χ4n) is 1.11. The van der Waals surface area contributed by atoms with Crippen molar-refractivity contribution in [1.29, 1.82) is 0 Å². The van der Waals surface area contributed by atoms with E-state index in [0.29, 0.717) is 0 Å². The van der Waals surface area contributed by atoms with Gasteiger partial charge in [-0.3, -0.25) is 0 Å². The van der Waals surface area contributed by atoms with Crippen molar-refractivity contribution in [2.75, 3.05) is 14.2 Å². The third-order valence-corrected chi connectivity index (χ3v) is 1.96. The maximum absolute atomic E-state index is 4.91. The molecule has 0 amide bonds. The number of hydrogen-bond acceptors (Lipinski definition) is 2. The molecule has 2 aromatic carbocycles. The van der Waals surface area contributed by atoms with Gasteiger partial charge in [-0.2, -0.15) is 0 Å². The standard InChI is InChI=1S/2C7H8O.2C2H6.3CH3.Y/c2*1-8-7-5-3-2-4-6-7;2*1-2;;;;/h2*2-6H,1H3;2*1-2H3;3*1H3;/q;;;;3*-1;+3. The average Bonchev–Trinajstić information content (AvgIpc) is 2.60. The van der Waals surface area contributed by atoms with Crippen LogP contribution in [0.3, 0.4) is 0 Å². The molecule has 0 bridgehead atoms. The molecule has 0 aliphatic carbocycles. The zero-order valence-electron chi connectivity index (χ0n) is 17.2. The van der Waals surface area contributed by atoms with E-state index in [9.17, 15) is 0 Å². The molecule has 0 aromatic heterocycles. The topological polar surface area (TPSA) is 18.5 Å². The minimum absolute atomic E-state index is 0. The molecule has 2 aromatic rings. The molecule has 0 heterocycles. The van der Waals surface area contributed by atoms with E-state index in [-0.39, 0.29) is 55.0 Å². The molecule has 0 unspecified atom stereocenters. The SMILES string of the molecule is CC.CC.COc1ccccc1.COc1ccccc1.[CH3-].[CH3-].[CH3-].[Y+3]. The predicted molar refractivity (Wildman–Crippen MR) is 108 cm³/mol. The van der Waals surface area contributed by atoms with E-state index in [1.54, 1.807) is 14.2 Å². The first kappa shape index (κ1) is 38.6. The van der Waals surface area contributed by atoms with Crippen LogP contribution in [0.25, 0.3) is 0 Å². The van der Waals surface area contributed by atoms with Gasteiger partial charge in [0.1, 0.15) is 11.5 Å². The maximum Gasteiger partial charge on any atom is 3.00 e. The van der Waals surface area contributed by atoms with Gasteiger partial charge in [0.25, 0.3) is 0 Å². The molecule has 0 spiro atoms. The Morgan fingerprint density at radius 3 is 0.833 bits per heavy atom. The average molecular weight is 410 g/mol. The summed E-state index contributed by atoms with van der Waals surface area (Å²) in [6.45, 7) is 8.00. The van der Waals surface area contributed by atoms with Crippen molar-refractivity contribution in [3.63, 3.8) is 0 Å². The van der Waals surface area contributed by atoms with Crippen LogP contribution in [0.15, 0.2) is 60.7 Å². The largest absolute Gasteiger partial charge is 3.00 e. The minimum atomic E-state index is 0. The predicted octanol–water partition coefficient (Wildman–Crippen LogP) is 6.79. The van der Waals surface area contributed by atoms with Crippen LogP contribution in [-0.4, -0.2) is 14.2 Å². The molecule has 136 valence electrons. The number of hydrogen-bond donors (Lipinski definition) is 0. The summed E-state index contributed by atoms with van der Waals surface area (Å²) in [6.07, 6.45) is 0. The zero-order valence-corrected chi connectivity index (χ0v) is 20.0. The van der Waals surface area contributed by atoms with E-state index in [1.807, 2.05) is 88.4 Å². The molecule has 0 saturated heterocycles. The molecule has 0 fully saturated rings. The second kappa shape index (κ2) is 33.7. The molecule has 0 aliphatic heterocycles. The third kappa shape index (κ3) is 23.4. The van der Waals surface area contributed by atoms with Gasteiger partial charge in [-0.15, -0.1) is 0 Å². The van der Waals surface area contributed by atoms with Gasteiger partial charge in [-0.05, 0) is 24.3 Å². The number of rotatable bonds is 2. The van der Waals surface area contributed by atoms with Crippen LogP contribution < -0.4 is 9.47 Å². The first-order valence-corrected chi connectivity index (χ1v) is 7.05. The van der Waals surface area contributed by atoms with Gasteiger partial charge in [-0.25, -0.2) is 0 Å². The van der Waals surface area contributed by atoms with Gasteiger partial charge in [0.2, 0.25) is 0 Å². The summed E-state index contributed by atoms with van der Waals surface area (Å²) < 4.78 is 9.83. The Morgan fingerprint density at radius 1 is 0.500 bits per heavy atom. The van der Waals surface area contributed by atoms with E-state index in [4.69, 9.17) is 9.47 Å². The Bertz CT molecular complexity index is 338. The molecular formula is C21H37O2Y. The Labute approximate surface area is 177 Å². The summed E-state index contributed by atoms with van der Waals surface area (Å²) in [7, 11) is 3.32. The van der Waals surface area contributed by atoms with Crippen molar-refractivity contribution < 1.29 is 42.2 Å². The third-order valence-electron chi connectivity index (χ3n) is 1.96. The van der Waals surface area contributed by atoms with Gasteiger partial charge in [0.15, 0.2) is 0 Å². The monoisotopic (exact) mass is 410 g/mol. The van der Waals surface area contributed by atoms with Crippen LogP contribution >= 0.6 is 0 Å². The van der Waals surface area contributed by atoms with E-state index >= 15 is 0 Å². The second-order valence-corrected chi connectivity index (χ2v) is 3.03. The number of ether oxygens (including phenoxy) is 2. The summed E-state index contributed by atoms with van der Waals surface area (Å²) in [5.41, 5.74) is 0. The molecule has 0 aliphatic rings. The fourth-order valence-corrected chi connectivity index (χ4v) is 1.11. The van der Waals surface area contributed by atoms with Gasteiger partial charge >= 0.3 is 32.7 Å². The molecule has 0 radical (unpaired) electrons. The number of benzene rings is 2. The maximum atomic E-state index is 4.91. The van der Waals surface area contributed by atoms with Crippen molar-refractivity contribution in [1.82, 2.24) is 0 Å².